The van der Waals surface area contributed by atoms with Crippen molar-refractivity contribution in [3.63, 3.8) is 0 Å². The van der Waals surface area contributed by atoms with Gasteiger partial charge in [-0.05, 0) is 70.9 Å². The molecule has 1 aliphatic heterocycles. The first-order valence-corrected chi connectivity index (χ1v) is 11.4. The van der Waals surface area contributed by atoms with Crippen molar-refractivity contribution in [2.24, 2.45) is 11.8 Å². The number of rotatable bonds is 6. The number of amides is 2. The quantitative estimate of drug-likeness (QED) is 0.369. The van der Waals surface area contributed by atoms with Crippen LogP contribution in [0.25, 0.3) is 0 Å². The van der Waals surface area contributed by atoms with E-state index in [-0.39, 0.29) is 23.6 Å². The number of hydrogen-bond acceptors (Lipinski definition) is 4. The van der Waals surface area contributed by atoms with E-state index >= 15 is 0 Å². The summed E-state index contributed by atoms with van der Waals surface area (Å²) in [4.78, 5) is 28.1. The minimum atomic E-state index is -0.823. The van der Waals surface area contributed by atoms with Crippen LogP contribution in [0, 0.1) is 11.8 Å². The molecule has 0 bridgehead atoms. The third-order valence-electron chi connectivity index (χ3n) is 6.47. The molecule has 6 heteroatoms. The largest absolute Gasteiger partial charge is 0.418 e. The van der Waals surface area contributed by atoms with Crippen LogP contribution in [0.2, 0.25) is 0 Å². The summed E-state index contributed by atoms with van der Waals surface area (Å²) in [7, 11) is 0. The monoisotopic (exact) mass is 440 g/mol. The number of nitrogens with zero attached hydrogens (tertiary/aromatic N) is 1. The first-order valence-electron chi connectivity index (χ1n) is 11.4. The summed E-state index contributed by atoms with van der Waals surface area (Å²) < 4.78 is 11.6. The predicted octanol–water partition coefficient (Wildman–Crippen LogP) is 5.33. The standard InChI is InChI=1S/C26H36N2O4/c1-7-19-14-11-15-21(19)16-22(23(29)27-18(2)20-12-9-8-10-13-20)32-24(30)28-25(3,4)17-31-26(28,5)6/h7-10,12-13,16,18-19,21H,1,11,14-15,17H2,2-6H3,(H,27,29)/b22-16-/t18-,19+,21+/m1/s1. The summed E-state index contributed by atoms with van der Waals surface area (Å²) in [6.07, 6.45) is 6.16. The highest BCUT2D eigenvalue weighted by Gasteiger charge is 2.50. The topological polar surface area (TPSA) is 67.9 Å². The highest BCUT2D eigenvalue weighted by atomic mass is 16.6. The van der Waals surface area contributed by atoms with Crippen LogP contribution in [0.3, 0.4) is 0 Å². The van der Waals surface area contributed by atoms with Crippen molar-refractivity contribution < 1.29 is 19.1 Å². The Bertz CT molecular complexity index is 859. The first-order chi connectivity index (χ1) is 15.0. The summed E-state index contributed by atoms with van der Waals surface area (Å²) >= 11 is 0. The zero-order chi connectivity index (χ0) is 23.5. The highest BCUT2D eigenvalue weighted by molar-refractivity contribution is 5.94. The van der Waals surface area contributed by atoms with Gasteiger partial charge in [0.25, 0.3) is 5.91 Å². The third-order valence-corrected chi connectivity index (χ3v) is 6.47. The molecule has 1 aliphatic carbocycles. The zero-order valence-corrected chi connectivity index (χ0v) is 19.9. The second kappa shape index (κ2) is 9.49. The van der Waals surface area contributed by atoms with Crippen molar-refractivity contribution >= 4 is 12.0 Å². The Balaban J connectivity index is 1.84. The van der Waals surface area contributed by atoms with Crippen LogP contribution in [0.15, 0.2) is 54.8 Å². The average molecular weight is 441 g/mol. The van der Waals surface area contributed by atoms with Crippen molar-refractivity contribution in [3.8, 4) is 0 Å². The molecular weight excluding hydrogens is 404 g/mol. The van der Waals surface area contributed by atoms with E-state index in [1.54, 1.807) is 11.0 Å². The fourth-order valence-corrected chi connectivity index (χ4v) is 4.78. The summed E-state index contributed by atoms with van der Waals surface area (Å²) in [6.45, 7) is 13.7. The van der Waals surface area contributed by atoms with Gasteiger partial charge in [-0.25, -0.2) is 4.79 Å². The lowest BCUT2D eigenvalue weighted by atomic mass is 9.95. The lowest BCUT2D eigenvalue weighted by Crippen LogP contribution is -2.53. The van der Waals surface area contributed by atoms with E-state index in [2.05, 4.69) is 11.9 Å². The highest BCUT2D eigenvalue weighted by Crippen LogP contribution is 2.37. The van der Waals surface area contributed by atoms with Gasteiger partial charge in [0, 0.05) is 0 Å². The Kier molecular flexibility index (Phi) is 7.13. The van der Waals surface area contributed by atoms with Gasteiger partial charge in [0.15, 0.2) is 5.76 Å². The number of allylic oxidation sites excluding steroid dienone is 2. The molecule has 0 aromatic heterocycles. The Morgan fingerprint density at radius 2 is 1.84 bits per heavy atom. The van der Waals surface area contributed by atoms with Crippen molar-refractivity contribution in [3.05, 3.63) is 60.4 Å². The molecule has 174 valence electrons. The van der Waals surface area contributed by atoms with Gasteiger partial charge in [-0.15, -0.1) is 6.58 Å². The smallest absolute Gasteiger partial charge is 0.405 e. The number of carbonyl (C=O) groups is 2. The molecule has 1 saturated heterocycles. The summed E-state index contributed by atoms with van der Waals surface area (Å²) in [5, 5.41) is 2.98. The molecule has 2 amide bonds. The molecule has 1 heterocycles. The van der Waals surface area contributed by atoms with Crippen molar-refractivity contribution in [1.29, 1.82) is 0 Å². The Morgan fingerprint density at radius 1 is 1.19 bits per heavy atom. The number of carbonyl (C=O) groups excluding carboxylic acids is 2. The maximum atomic E-state index is 13.3. The molecule has 6 nitrogen and oxygen atoms in total. The van der Waals surface area contributed by atoms with Crippen LogP contribution < -0.4 is 5.32 Å². The van der Waals surface area contributed by atoms with E-state index in [0.29, 0.717) is 6.61 Å². The van der Waals surface area contributed by atoms with E-state index < -0.39 is 23.3 Å². The molecule has 1 aromatic carbocycles. The minimum absolute atomic E-state index is 0.0371. The SMILES string of the molecule is C=C[C@H]1CCC[C@H]1/C=C(\OC(=O)N1C(C)(C)COC1(C)C)C(=O)N[C@H](C)c1ccccc1. The number of benzene rings is 1. The predicted molar refractivity (Wildman–Crippen MR) is 125 cm³/mol. The molecule has 3 atom stereocenters. The zero-order valence-electron chi connectivity index (χ0n) is 19.9. The van der Waals surface area contributed by atoms with Crippen LogP contribution in [-0.4, -0.2) is 34.8 Å². The first kappa shape index (κ1) is 24.1. The van der Waals surface area contributed by atoms with E-state index in [1.807, 2.05) is 71.0 Å². The van der Waals surface area contributed by atoms with Gasteiger partial charge in [0.05, 0.1) is 18.2 Å². The summed E-state index contributed by atoms with van der Waals surface area (Å²) in [5.41, 5.74) is -0.390. The van der Waals surface area contributed by atoms with Gasteiger partial charge in [0.1, 0.15) is 5.72 Å². The van der Waals surface area contributed by atoms with E-state index in [1.165, 1.54) is 0 Å². The Morgan fingerprint density at radius 3 is 2.44 bits per heavy atom. The lowest BCUT2D eigenvalue weighted by Gasteiger charge is -2.36. The minimum Gasteiger partial charge on any atom is -0.405 e. The fraction of sp³-hybridized carbons (Fsp3) is 0.538. The molecule has 0 unspecified atom stereocenters. The Labute approximate surface area is 191 Å². The summed E-state index contributed by atoms with van der Waals surface area (Å²) in [5.74, 6) is 0.0187. The normalized spacial score (nSPS) is 25.3. The van der Waals surface area contributed by atoms with Crippen LogP contribution in [-0.2, 0) is 14.3 Å². The van der Waals surface area contributed by atoms with Crippen molar-refractivity contribution in [2.75, 3.05) is 6.61 Å². The van der Waals surface area contributed by atoms with E-state index in [9.17, 15) is 9.59 Å². The molecule has 1 aromatic rings. The summed E-state index contributed by atoms with van der Waals surface area (Å²) in [6, 6.07) is 9.48. The maximum Gasteiger partial charge on any atom is 0.418 e. The molecule has 0 radical (unpaired) electrons. The average Bonchev–Trinajstić information content (AvgIpc) is 3.28. The second-order valence-electron chi connectivity index (χ2n) is 9.88. The molecule has 0 spiro atoms. The van der Waals surface area contributed by atoms with Gasteiger partial charge >= 0.3 is 6.09 Å². The van der Waals surface area contributed by atoms with Gasteiger partial charge < -0.3 is 14.8 Å². The molecule has 2 aliphatic rings. The van der Waals surface area contributed by atoms with Crippen LogP contribution in [0.5, 0.6) is 0 Å². The Hall–Kier alpha value is -2.60. The molecular formula is C26H36N2O4. The van der Waals surface area contributed by atoms with Crippen molar-refractivity contribution in [2.45, 2.75) is 71.2 Å². The molecule has 32 heavy (non-hydrogen) atoms. The maximum absolute atomic E-state index is 13.3. The lowest BCUT2D eigenvalue weighted by molar-refractivity contribution is -0.121. The van der Waals surface area contributed by atoms with Gasteiger partial charge in [-0.3, -0.25) is 9.69 Å². The molecule has 1 saturated carbocycles. The molecule has 2 fully saturated rings. The van der Waals surface area contributed by atoms with Gasteiger partial charge in [-0.2, -0.15) is 0 Å². The van der Waals surface area contributed by atoms with Gasteiger partial charge in [-0.1, -0.05) is 42.8 Å². The van der Waals surface area contributed by atoms with Crippen LogP contribution in [0.1, 0.15) is 65.5 Å². The third kappa shape index (κ3) is 5.23. The van der Waals surface area contributed by atoms with E-state index in [4.69, 9.17) is 9.47 Å². The van der Waals surface area contributed by atoms with E-state index in [0.717, 1.165) is 24.8 Å². The van der Waals surface area contributed by atoms with Gasteiger partial charge in [0.2, 0.25) is 0 Å². The fourth-order valence-electron chi connectivity index (χ4n) is 4.78. The number of nitrogens with one attached hydrogen (secondary N) is 1. The number of ether oxygens (including phenoxy) is 2. The second-order valence-corrected chi connectivity index (χ2v) is 9.88. The molecule has 3 rings (SSSR count). The van der Waals surface area contributed by atoms with Crippen molar-refractivity contribution in [1.82, 2.24) is 10.2 Å². The molecule has 1 N–H and O–H groups in total. The van der Waals surface area contributed by atoms with Crippen LogP contribution >= 0.6 is 0 Å². The number of hydrogen-bond donors (Lipinski definition) is 1. The van der Waals surface area contributed by atoms with Crippen LogP contribution in [0.4, 0.5) is 4.79 Å².